The van der Waals surface area contributed by atoms with Gasteiger partial charge in [0.05, 0.1) is 23.7 Å². The highest BCUT2D eigenvalue weighted by Gasteiger charge is 2.38. The summed E-state index contributed by atoms with van der Waals surface area (Å²) in [5, 5.41) is 18.7. The predicted molar refractivity (Wildman–Crippen MR) is 104 cm³/mol. The van der Waals surface area contributed by atoms with Crippen LogP contribution in [-0.2, 0) is 23.7 Å². The third kappa shape index (κ3) is 6.61. The quantitative estimate of drug-likeness (QED) is 0.556. The van der Waals surface area contributed by atoms with Crippen LogP contribution in [-0.4, -0.2) is 40.3 Å². The van der Waals surface area contributed by atoms with E-state index in [1.54, 1.807) is 17.0 Å². The number of carboxylic acids is 1. The maximum atomic E-state index is 13.3. The second-order valence-corrected chi connectivity index (χ2v) is 7.82. The first-order valence-electron chi connectivity index (χ1n) is 9.99. The van der Waals surface area contributed by atoms with E-state index in [2.05, 4.69) is 0 Å². The number of hydrogen-bond donors (Lipinski definition) is 2. The van der Waals surface area contributed by atoms with Gasteiger partial charge in [-0.15, -0.1) is 0 Å². The highest BCUT2D eigenvalue weighted by Crippen LogP contribution is 2.37. The summed E-state index contributed by atoms with van der Waals surface area (Å²) in [6, 6.07) is 7.59. The summed E-state index contributed by atoms with van der Waals surface area (Å²) in [6.45, 7) is 0.185. The summed E-state index contributed by atoms with van der Waals surface area (Å²) in [5.41, 5.74) is -2.38. The lowest BCUT2D eigenvalue weighted by atomic mass is 10.0. The molecule has 1 fully saturated rings. The van der Waals surface area contributed by atoms with Crippen LogP contribution in [0.4, 0.5) is 26.3 Å². The second-order valence-electron chi connectivity index (χ2n) is 7.82. The minimum absolute atomic E-state index is 0.190. The van der Waals surface area contributed by atoms with Gasteiger partial charge >= 0.3 is 18.3 Å². The molecule has 5 nitrogen and oxygen atoms in total. The average Bonchev–Trinajstić information content (AvgIpc) is 3.12. The lowest BCUT2D eigenvalue weighted by Crippen LogP contribution is -2.26. The first-order chi connectivity index (χ1) is 15.3. The Kier molecular flexibility index (Phi) is 7.23. The van der Waals surface area contributed by atoms with Crippen LogP contribution < -0.4 is 4.74 Å². The smallest absolute Gasteiger partial charge is 0.416 e. The van der Waals surface area contributed by atoms with Crippen LogP contribution >= 0.6 is 0 Å². The van der Waals surface area contributed by atoms with Crippen molar-refractivity contribution in [1.82, 2.24) is 4.90 Å². The Balaban J connectivity index is 1.69. The molecule has 180 valence electrons. The van der Waals surface area contributed by atoms with Crippen LogP contribution in [0.2, 0.25) is 0 Å². The zero-order valence-electron chi connectivity index (χ0n) is 17.2. The molecular weight excluding hydrogens is 456 g/mol. The number of ether oxygens (including phenoxy) is 1. The number of aliphatic hydroxyl groups excluding tert-OH is 1. The summed E-state index contributed by atoms with van der Waals surface area (Å²) >= 11 is 0. The second kappa shape index (κ2) is 9.60. The van der Waals surface area contributed by atoms with Crippen molar-refractivity contribution in [1.29, 1.82) is 0 Å². The molecule has 1 unspecified atom stereocenters. The minimum atomic E-state index is -4.79. The topological polar surface area (TPSA) is 70.0 Å². The van der Waals surface area contributed by atoms with Gasteiger partial charge in [0, 0.05) is 19.6 Å². The Labute approximate surface area is 185 Å². The molecule has 1 heterocycles. The molecule has 11 heteroatoms. The summed E-state index contributed by atoms with van der Waals surface area (Å²) in [5.74, 6) is -0.827. The highest BCUT2D eigenvalue weighted by molar-refractivity contribution is 5.67. The van der Waals surface area contributed by atoms with E-state index in [0.29, 0.717) is 42.5 Å². The van der Waals surface area contributed by atoms with Gasteiger partial charge in [-0.3, -0.25) is 9.69 Å². The van der Waals surface area contributed by atoms with Crippen molar-refractivity contribution in [3.8, 4) is 5.75 Å². The summed E-state index contributed by atoms with van der Waals surface area (Å²) < 4.78 is 84.8. The molecule has 0 aromatic heterocycles. The number of alkyl halides is 6. The summed E-state index contributed by atoms with van der Waals surface area (Å²) in [4.78, 5) is 12.3. The number of nitrogens with zero attached hydrogens (tertiary/aromatic N) is 1. The number of likely N-dealkylation sites (tertiary alicyclic amines) is 1. The fourth-order valence-electron chi connectivity index (χ4n) is 3.73. The molecule has 0 aliphatic carbocycles. The van der Waals surface area contributed by atoms with Gasteiger partial charge in [0.1, 0.15) is 11.9 Å². The van der Waals surface area contributed by atoms with Crippen molar-refractivity contribution < 1.29 is 46.1 Å². The summed E-state index contributed by atoms with van der Waals surface area (Å²) in [7, 11) is 0. The van der Waals surface area contributed by atoms with Crippen LogP contribution in [0.3, 0.4) is 0 Å². The molecule has 2 atom stereocenters. The molecule has 1 aliphatic heterocycles. The number of carboxylic acid groups (broad SMARTS) is 1. The minimum Gasteiger partial charge on any atom is -0.489 e. The third-order valence-corrected chi connectivity index (χ3v) is 5.27. The Morgan fingerprint density at radius 2 is 1.82 bits per heavy atom. The lowest BCUT2D eigenvalue weighted by molar-refractivity contribution is -0.142. The molecule has 0 bridgehead atoms. The number of aliphatic carboxylic acids is 1. The fraction of sp³-hybridized carbons (Fsp3) is 0.409. The van der Waals surface area contributed by atoms with E-state index >= 15 is 0 Å². The van der Waals surface area contributed by atoms with Crippen LogP contribution in [0.25, 0.3) is 0 Å². The first-order valence-corrected chi connectivity index (χ1v) is 9.99. The largest absolute Gasteiger partial charge is 0.489 e. The van der Waals surface area contributed by atoms with Crippen LogP contribution in [0.1, 0.15) is 41.2 Å². The van der Waals surface area contributed by atoms with Crippen LogP contribution in [0.15, 0.2) is 42.5 Å². The highest BCUT2D eigenvalue weighted by atomic mass is 19.4. The molecule has 3 rings (SSSR count). The van der Waals surface area contributed by atoms with Crippen molar-refractivity contribution in [2.24, 2.45) is 0 Å². The predicted octanol–water partition coefficient (Wildman–Crippen LogP) is 4.89. The normalized spacial score (nSPS) is 18.3. The Hall–Kier alpha value is -2.79. The van der Waals surface area contributed by atoms with Crippen molar-refractivity contribution in [2.75, 3.05) is 13.1 Å². The molecule has 1 aliphatic rings. The zero-order valence-corrected chi connectivity index (χ0v) is 17.2. The van der Waals surface area contributed by atoms with E-state index in [0.717, 1.165) is 0 Å². The van der Waals surface area contributed by atoms with Crippen LogP contribution in [0.5, 0.6) is 5.75 Å². The van der Waals surface area contributed by atoms with Gasteiger partial charge in [-0.2, -0.15) is 26.3 Å². The first kappa shape index (κ1) is 24.8. The molecule has 2 N–H and O–H groups in total. The van der Waals surface area contributed by atoms with Crippen LogP contribution in [0, 0.1) is 0 Å². The molecule has 2 aromatic carbocycles. The standard InChI is InChI=1S/C22H21F6NO4/c23-21(24,25)15-4-5-18(22(26,27)28)14(8-15)11-29-7-6-17(12-29)33-16-3-1-2-13(9-16)19(30)10-20(31)32/h1-5,8-9,17,19,30H,6-7,10-12H2,(H,31,32)/t17?,19-/m1/s1. The molecular formula is C22H21F6NO4. The van der Waals surface area contributed by atoms with Crippen molar-refractivity contribution in [3.05, 3.63) is 64.7 Å². The molecule has 2 aromatic rings. The Morgan fingerprint density at radius 1 is 1.09 bits per heavy atom. The zero-order chi connectivity index (χ0) is 24.4. The van der Waals surface area contributed by atoms with Gasteiger partial charge < -0.3 is 14.9 Å². The van der Waals surface area contributed by atoms with Gasteiger partial charge in [-0.1, -0.05) is 12.1 Å². The van der Waals surface area contributed by atoms with Crippen molar-refractivity contribution in [2.45, 2.75) is 43.9 Å². The Morgan fingerprint density at radius 3 is 2.45 bits per heavy atom. The van der Waals surface area contributed by atoms with E-state index in [1.165, 1.54) is 12.1 Å². The molecule has 0 saturated carbocycles. The van der Waals surface area contributed by atoms with Gasteiger partial charge in [0.2, 0.25) is 0 Å². The molecule has 0 spiro atoms. The maximum absolute atomic E-state index is 13.3. The number of halogens is 6. The van der Waals surface area contributed by atoms with Gasteiger partial charge in [0.25, 0.3) is 0 Å². The number of carbonyl (C=O) groups is 1. The third-order valence-electron chi connectivity index (χ3n) is 5.27. The lowest BCUT2D eigenvalue weighted by Gasteiger charge is -2.21. The molecule has 0 radical (unpaired) electrons. The molecule has 1 saturated heterocycles. The van der Waals surface area contributed by atoms with Gasteiger partial charge in [-0.05, 0) is 47.9 Å². The van der Waals surface area contributed by atoms with E-state index in [1.807, 2.05) is 0 Å². The maximum Gasteiger partial charge on any atom is 0.416 e. The van der Waals surface area contributed by atoms with Crippen molar-refractivity contribution in [3.63, 3.8) is 0 Å². The molecule has 0 amide bonds. The Bertz CT molecular complexity index is 992. The van der Waals surface area contributed by atoms with E-state index < -0.39 is 53.6 Å². The summed E-state index contributed by atoms with van der Waals surface area (Å²) in [6.07, 6.45) is -11.3. The number of rotatable bonds is 7. The van der Waals surface area contributed by atoms with E-state index in [-0.39, 0.29) is 13.1 Å². The number of benzene rings is 2. The fourth-order valence-corrected chi connectivity index (χ4v) is 3.73. The molecule has 33 heavy (non-hydrogen) atoms. The SMILES string of the molecule is O=C(O)C[C@@H](O)c1cccc(OC2CCN(Cc3cc(C(F)(F)F)ccc3C(F)(F)F)C2)c1. The van der Waals surface area contributed by atoms with Gasteiger partial charge in [-0.25, -0.2) is 0 Å². The monoisotopic (exact) mass is 477 g/mol. The average molecular weight is 477 g/mol. The van der Waals surface area contributed by atoms with Crippen molar-refractivity contribution >= 4 is 5.97 Å². The van der Waals surface area contributed by atoms with E-state index in [9.17, 15) is 36.2 Å². The van der Waals surface area contributed by atoms with Gasteiger partial charge in [0.15, 0.2) is 0 Å². The number of hydrogen-bond acceptors (Lipinski definition) is 4. The number of aliphatic hydroxyl groups is 1. The van der Waals surface area contributed by atoms with E-state index in [4.69, 9.17) is 9.84 Å².